The molecule has 5 nitrogen and oxygen atoms in total. The van der Waals surface area contributed by atoms with E-state index in [1.54, 1.807) is 7.11 Å². The third-order valence-electron chi connectivity index (χ3n) is 4.60. The monoisotopic (exact) mass is 397 g/mol. The summed E-state index contributed by atoms with van der Waals surface area (Å²) in [5.41, 5.74) is 0.507. The maximum absolute atomic E-state index is 12.8. The summed E-state index contributed by atoms with van der Waals surface area (Å²) in [7, 11) is 1.62. The molecule has 1 aromatic carbocycles. The Bertz CT molecular complexity index is 586. The minimum atomic E-state index is -0.865. The van der Waals surface area contributed by atoms with Crippen molar-refractivity contribution in [3.63, 3.8) is 0 Å². The predicted octanol–water partition coefficient (Wildman–Crippen LogP) is 3.16. The van der Waals surface area contributed by atoms with Crippen LogP contribution in [0.2, 0.25) is 0 Å². The number of carbonyl (C=O) groups excluding carboxylic acids is 1. The first kappa shape index (κ1) is 18.9. The van der Waals surface area contributed by atoms with Crippen LogP contribution in [0.15, 0.2) is 28.7 Å². The van der Waals surface area contributed by atoms with Gasteiger partial charge >= 0.3 is 5.97 Å². The molecule has 1 atom stereocenters. The molecule has 1 aromatic rings. The average molecular weight is 398 g/mol. The van der Waals surface area contributed by atoms with Crippen molar-refractivity contribution < 1.29 is 19.4 Å². The fraction of sp³-hybridized carbons (Fsp3) is 0.556. The Morgan fingerprint density at radius 2 is 2.17 bits per heavy atom. The van der Waals surface area contributed by atoms with Gasteiger partial charge in [-0.2, -0.15) is 0 Å². The number of halogens is 1. The molecule has 0 spiro atoms. The summed E-state index contributed by atoms with van der Waals surface area (Å²) in [5, 5.41) is 12.1. The van der Waals surface area contributed by atoms with Crippen LogP contribution in [-0.4, -0.2) is 36.2 Å². The van der Waals surface area contributed by atoms with E-state index < -0.39 is 11.5 Å². The first-order valence-electron chi connectivity index (χ1n) is 8.21. The number of rotatable bonds is 9. The van der Waals surface area contributed by atoms with Crippen LogP contribution in [0, 0.1) is 5.92 Å². The van der Waals surface area contributed by atoms with Crippen LogP contribution in [0.4, 0.5) is 0 Å². The second-order valence-corrected chi connectivity index (χ2v) is 7.42. The van der Waals surface area contributed by atoms with E-state index in [1.807, 2.05) is 24.3 Å². The van der Waals surface area contributed by atoms with Crippen molar-refractivity contribution in [2.75, 3.05) is 13.7 Å². The molecular formula is C18H24BrNO4. The van der Waals surface area contributed by atoms with Gasteiger partial charge in [0.1, 0.15) is 0 Å². The average Bonchev–Trinajstić information content (AvgIpc) is 2.48. The van der Waals surface area contributed by atoms with Crippen molar-refractivity contribution in [2.45, 2.75) is 44.1 Å². The summed E-state index contributed by atoms with van der Waals surface area (Å²) in [4.78, 5) is 23.8. The molecule has 2 N–H and O–H groups in total. The first-order valence-corrected chi connectivity index (χ1v) is 9.01. The standard InChI is InChI=1S/C18H24BrNO4/c1-24-9-6-14(10-13-4-2-5-15(19)11-13)17(23)20-18(7-3-8-18)12-16(21)22/h2,4-5,11,14H,3,6-10,12H2,1H3,(H,20,23)(H,21,22). The van der Waals surface area contributed by atoms with Crippen molar-refractivity contribution in [2.24, 2.45) is 5.92 Å². The summed E-state index contributed by atoms with van der Waals surface area (Å²) >= 11 is 3.45. The summed E-state index contributed by atoms with van der Waals surface area (Å²) in [5.74, 6) is -1.17. The number of carboxylic acids is 1. The van der Waals surface area contributed by atoms with E-state index in [1.165, 1.54) is 0 Å². The Hall–Kier alpha value is -1.40. The molecule has 0 bridgehead atoms. The first-order chi connectivity index (χ1) is 11.4. The van der Waals surface area contributed by atoms with Crippen LogP contribution in [0.5, 0.6) is 0 Å². The van der Waals surface area contributed by atoms with E-state index in [-0.39, 0.29) is 18.2 Å². The largest absolute Gasteiger partial charge is 0.481 e. The highest BCUT2D eigenvalue weighted by molar-refractivity contribution is 9.10. The lowest BCUT2D eigenvalue weighted by atomic mass is 9.74. The van der Waals surface area contributed by atoms with Crippen molar-refractivity contribution in [1.29, 1.82) is 0 Å². The number of hydrogen-bond acceptors (Lipinski definition) is 3. The van der Waals surface area contributed by atoms with Gasteiger partial charge in [-0.05, 0) is 49.8 Å². The molecule has 1 unspecified atom stereocenters. The summed E-state index contributed by atoms with van der Waals surface area (Å²) in [6, 6.07) is 7.89. The zero-order valence-corrected chi connectivity index (χ0v) is 15.5. The summed E-state index contributed by atoms with van der Waals surface area (Å²) < 4.78 is 6.11. The SMILES string of the molecule is COCCC(Cc1cccc(Br)c1)C(=O)NC1(CC(=O)O)CCC1. The third kappa shape index (κ3) is 5.31. The Balaban J connectivity index is 2.05. The second kappa shape index (κ2) is 8.62. The van der Waals surface area contributed by atoms with Crippen LogP contribution in [0.3, 0.4) is 0 Å². The molecule has 6 heteroatoms. The molecule has 1 aliphatic carbocycles. The van der Waals surface area contributed by atoms with E-state index >= 15 is 0 Å². The predicted molar refractivity (Wildman–Crippen MR) is 94.8 cm³/mol. The van der Waals surface area contributed by atoms with Crippen LogP contribution in [0.1, 0.15) is 37.7 Å². The molecule has 1 amide bonds. The van der Waals surface area contributed by atoms with E-state index in [0.717, 1.165) is 29.3 Å². The number of aliphatic carboxylic acids is 1. The molecule has 0 aliphatic heterocycles. The number of carbonyl (C=O) groups is 2. The fourth-order valence-electron chi connectivity index (χ4n) is 3.14. The molecule has 0 heterocycles. The quantitative estimate of drug-likeness (QED) is 0.670. The van der Waals surface area contributed by atoms with Crippen molar-refractivity contribution in [1.82, 2.24) is 5.32 Å². The Labute approximate surface area is 150 Å². The van der Waals surface area contributed by atoms with Gasteiger partial charge in [-0.1, -0.05) is 28.1 Å². The van der Waals surface area contributed by atoms with Crippen molar-refractivity contribution in [3.8, 4) is 0 Å². The Kier molecular flexibility index (Phi) is 6.80. The second-order valence-electron chi connectivity index (χ2n) is 6.51. The van der Waals surface area contributed by atoms with Gasteiger partial charge < -0.3 is 15.2 Å². The van der Waals surface area contributed by atoms with Gasteiger partial charge in [-0.25, -0.2) is 0 Å². The van der Waals surface area contributed by atoms with Gasteiger partial charge in [0.25, 0.3) is 0 Å². The fourth-order valence-corrected chi connectivity index (χ4v) is 3.58. The maximum atomic E-state index is 12.8. The molecular weight excluding hydrogens is 374 g/mol. The Morgan fingerprint density at radius 1 is 1.42 bits per heavy atom. The lowest BCUT2D eigenvalue weighted by molar-refractivity contribution is -0.141. The zero-order chi connectivity index (χ0) is 17.6. The lowest BCUT2D eigenvalue weighted by Gasteiger charge is -2.42. The Morgan fingerprint density at radius 3 is 2.71 bits per heavy atom. The number of benzene rings is 1. The van der Waals surface area contributed by atoms with E-state index in [2.05, 4.69) is 21.2 Å². The molecule has 24 heavy (non-hydrogen) atoms. The highest BCUT2D eigenvalue weighted by atomic mass is 79.9. The molecule has 0 aromatic heterocycles. The third-order valence-corrected chi connectivity index (χ3v) is 5.09. The number of hydrogen-bond donors (Lipinski definition) is 2. The number of ether oxygens (including phenoxy) is 1. The molecule has 1 fully saturated rings. The molecule has 0 radical (unpaired) electrons. The molecule has 0 saturated heterocycles. The smallest absolute Gasteiger partial charge is 0.305 e. The van der Waals surface area contributed by atoms with E-state index in [9.17, 15) is 9.59 Å². The highest BCUT2D eigenvalue weighted by Gasteiger charge is 2.41. The summed E-state index contributed by atoms with van der Waals surface area (Å²) in [6.07, 6.45) is 3.64. The van der Waals surface area contributed by atoms with Crippen molar-refractivity contribution in [3.05, 3.63) is 34.3 Å². The number of carboxylic acid groups (broad SMARTS) is 1. The van der Waals surface area contributed by atoms with Crippen LogP contribution >= 0.6 is 15.9 Å². The maximum Gasteiger partial charge on any atom is 0.305 e. The van der Waals surface area contributed by atoms with Gasteiger partial charge in [0.2, 0.25) is 5.91 Å². The van der Waals surface area contributed by atoms with Gasteiger partial charge in [0, 0.05) is 24.1 Å². The lowest BCUT2D eigenvalue weighted by Crippen LogP contribution is -2.56. The number of methoxy groups -OCH3 is 1. The normalized spacial score (nSPS) is 16.9. The number of nitrogens with one attached hydrogen (secondary N) is 1. The van der Waals surface area contributed by atoms with Gasteiger partial charge in [-0.15, -0.1) is 0 Å². The van der Waals surface area contributed by atoms with Gasteiger partial charge in [0.05, 0.1) is 12.0 Å². The minimum Gasteiger partial charge on any atom is -0.481 e. The van der Waals surface area contributed by atoms with Crippen LogP contribution in [-0.2, 0) is 20.7 Å². The van der Waals surface area contributed by atoms with Crippen LogP contribution < -0.4 is 5.32 Å². The van der Waals surface area contributed by atoms with Crippen molar-refractivity contribution >= 4 is 27.8 Å². The molecule has 132 valence electrons. The van der Waals surface area contributed by atoms with Gasteiger partial charge in [0.15, 0.2) is 0 Å². The zero-order valence-electron chi connectivity index (χ0n) is 13.9. The molecule has 2 rings (SSSR count). The van der Waals surface area contributed by atoms with E-state index in [4.69, 9.17) is 9.84 Å². The number of amides is 1. The molecule has 1 saturated carbocycles. The van der Waals surface area contributed by atoms with Crippen LogP contribution in [0.25, 0.3) is 0 Å². The highest BCUT2D eigenvalue weighted by Crippen LogP contribution is 2.35. The topological polar surface area (TPSA) is 75.6 Å². The van der Waals surface area contributed by atoms with Gasteiger partial charge in [-0.3, -0.25) is 9.59 Å². The summed E-state index contributed by atoms with van der Waals surface area (Å²) in [6.45, 7) is 0.498. The molecule has 1 aliphatic rings. The minimum absolute atomic E-state index is 0.00732. The van der Waals surface area contributed by atoms with E-state index in [0.29, 0.717) is 19.4 Å².